The van der Waals surface area contributed by atoms with E-state index in [4.69, 9.17) is 18.9 Å². The number of rotatable bonds is 17. The second-order valence-corrected chi connectivity index (χ2v) is 11.3. The lowest BCUT2D eigenvalue weighted by atomic mass is 9.70. The third-order valence-corrected chi connectivity index (χ3v) is 6.70. The average molecular weight is 517 g/mol. The number of hydrogen-bond donors (Lipinski definition) is 0. The summed E-state index contributed by atoms with van der Waals surface area (Å²) >= 11 is 0. The maximum absolute atomic E-state index is 11.4. The molecule has 208 valence electrons. The first-order valence-electron chi connectivity index (χ1n) is 14.0. The molecule has 1 heterocycles. The van der Waals surface area contributed by atoms with E-state index < -0.39 is 0 Å². The number of esters is 2. The van der Waals surface area contributed by atoms with Crippen LogP contribution in [0.25, 0.3) is 5.76 Å². The minimum absolute atomic E-state index is 0.0734. The first-order chi connectivity index (χ1) is 17.6. The van der Waals surface area contributed by atoms with Crippen molar-refractivity contribution >= 4 is 17.7 Å². The van der Waals surface area contributed by atoms with Gasteiger partial charge in [-0.15, -0.1) is 0 Å². The predicted molar refractivity (Wildman–Crippen MR) is 147 cm³/mol. The van der Waals surface area contributed by atoms with Gasteiger partial charge in [-0.3, -0.25) is 9.59 Å². The van der Waals surface area contributed by atoms with Crippen LogP contribution >= 0.6 is 0 Å². The molecule has 6 heteroatoms. The Morgan fingerprint density at radius 1 is 1.00 bits per heavy atom. The fraction of sp³-hybridized carbons (Fsp3) is 0.677. The minimum atomic E-state index is -0.334. The zero-order valence-corrected chi connectivity index (χ0v) is 24.0. The maximum atomic E-state index is 11.4. The highest BCUT2D eigenvalue weighted by Gasteiger charge is 2.43. The van der Waals surface area contributed by atoms with Crippen LogP contribution in [-0.4, -0.2) is 38.4 Å². The molecule has 0 saturated carbocycles. The van der Waals surface area contributed by atoms with Crippen molar-refractivity contribution in [3.8, 4) is 5.75 Å². The van der Waals surface area contributed by atoms with Gasteiger partial charge in [-0.05, 0) is 37.5 Å². The van der Waals surface area contributed by atoms with Crippen molar-refractivity contribution < 1.29 is 28.5 Å². The minimum Gasteiger partial charge on any atom is -0.492 e. The van der Waals surface area contributed by atoms with Gasteiger partial charge in [-0.1, -0.05) is 78.4 Å². The molecule has 0 radical (unpaired) electrons. The van der Waals surface area contributed by atoms with Gasteiger partial charge in [0.2, 0.25) is 0 Å². The molecule has 37 heavy (non-hydrogen) atoms. The van der Waals surface area contributed by atoms with Crippen molar-refractivity contribution in [2.45, 2.75) is 99.3 Å². The summed E-state index contributed by atoms with van der Waals surface area (Å²) in [6, 6.07) is 7.54. The summed E-state index contributed by atoms with van der Waals surface area (Å²) in [6.07, 6.45) is 9.68. The molecule has 0 atom stereocenters. The summed E-state index contributed by atoms with van der Waals surface area (Å²) in [4.78, 5) is 22.7. The summed E-state index contributed by atoms with van der Waals surface area (Å²) in [6.45, 7) is 14.6. The Kier molecular flexibility index (Phi) is 12.7. The van der Waals surface area contributed by atoms with Gasteiger partial charge in [0.05, 0.1) is 19.8 Å². The Balaban J connectivity index is 1.76. The lowest BCUT2D eigenvalue weighted by Gasteiger charge is -2.34. The fourth-order valence-corrected chi connectivity index (χ4v) is 5.19. The number of carbonyl (C=O) groups is 2. The van der Waals surface area contributed by atoms with Crippen LogP contribution in [0.1, 0.15) is 105 Å². The van der Waals surface area contributed by atoms with Crippen LogP contribution in [-0.2, 0) is 23.8 Å². The Bertz CT molecular complexity index is 899. The van der Waals surface area contributed by atoms with Crippen LogP contribution in [0.4, 0.5) is 0 Å². The quantitative estimate of drug-likeness (QED) is 0.121. The number of benzene rings is 1. The molecule has 0 fully saturated rings. The van der Waals surface area contributed by atoms with Gasteiger partial charge in [-0.25, -0.2) is 0 Å². The average Bonchev–Trinajstić information content (AvgIpc) is 3.15. The van der Waals surface area contributed by atoms with Crippen LogP contribution in [0, 0.1) is 10.8 Å². The molecule has 1 aromatic carbocycles. The summed E-state index contributed by atoms with van der Waals surface area (Å²) < 4.78 is 22.6. The van der Waals surface area contributed by atoms with Crippen molar-refractivity contribution in [1.29, 1.82) is 0 Å². The summed E-state index contributed by atoms with van der Waals surface area (Å²) in [5.41, 5.74) is 1.85. The van der Waals surface area contributed by atoms with Gasteiger partial charge in [0.25, 0.3) is 0 Å². The molecule has 0 N–H and O–H groups in total. The zero-order valence-electron chi connectivity index (χ0n) is 24.0. The van der Waals surface area contributed by atoms with E-state index in [-0.39, 0.29) is 22.8 Å². The van der Waals surface area contributed by atoms with Crippen LogP contribution in [0.2, 0.25) is 0 Å². The maximum Gasteiger partial charge on any atom is 0.308 e. The number of unbranched alkanes of at least 4 members (excludes halogenated alkanes) is 7. The van der Waals surface area contributed by atoms with Crippen molar-refractivity contribution in [3.05, 3.63) is 35.4 Å². The highest BCUT2D eigenvalue weighted by atomic mass is 16.5. The van der Waals surface area contributed by atoms with Crippen molar-refractivity contribution in [3.63, 3.8) is 0 Å². The Morgan fingerprint density at radius 3 is 2.30 bits per heavy atom. The third kappa shape index (κ3) is 10.5. The first kappa shape index (κ1) is 30.9. The van der Waals surface area contributed by atoms with Gasteiger partial charge in [-0.2, -0.15) is 0 Å². The monoisotopic (exact) mass is 516 g/mol. The van der Waals surface area contributed by atoms with Gasteiger partial charge >= 0.3 is 11.9 Å². The Hall–Kier alpha value is -2.34. The van der Waals surface area contributed by atoms with E-state index >= 15 is 0 Å². The van der Waals surface area contributed by atoms with Gasteiger partial charge in [0, 0.05) is 36.3 Å². The second kappa shape index (κ2) is 15.2. The molecule has 1 aromatic rings. The molecule has 1 aliphatic rings. The van der Waals surface area contributed by atoms with E-state index in [1.807, 2.05) is 25.1 Å². The summed E-state index contributed by atoms with van der Waals surface area (Å²) in [7, 11) is 0. The van der Waals surface area contributed by atoms with E-state index in [1.54, 1.807) is 6.07 Å². The smallest absolute Gasteiger partial charge is 0.308 e. The van der Waals surface area contributed by atoms with E-state index in [0.717, 1.165) is 37.2 Å². The molecular formula is C31H48O6. The second-order valence-electron chi connectivity index (χ2n) is 11.3. The largest absolute Gasteiger partial charge is 0.492 e. The number of ether oxygens (including phenoxy) is 4. The van der Waals surface area contributed by atoms with Crippen LogP contribution in [0.3, 0.4) is 0 Å². The van der Waals surface area contributed by atoms with Crippen molar-refractivity contribution in [1.82, 2.24) is 0 Å². The Morgan fingerprint density at radius 2 is 1.65 bits per heavy atom. The summed E-state index contributed by atoms with van der Waals surface area (Å²) in [5.74, 6) is 0.986. The number of hydrogen-bond acceptors (Lipinski definition) is 6. The molecule has 0 bridgehead atoms. The van der Waals surface area contributed by atoms with Crippen molar-refractivity contribution in [2.75, 3.05) is 26.4 Å². The highest BCUT2D eigenvalue weighted by Crippen LogP contribution is 2.50. The van der Waals surface area contributed by atoms with E-state index in [9.17, 15) is 9.59 Å². The van der Waals surface area contributed by atoms with E-state index in [2.05, 4.69) is 27.7 Å². The van der Waals surface area contributed by atoms with Gasteiger partial charge in [0.1, 0.15) is 11.5 Å². The lowest BCUT2D eigenvalue weighted by Crippen LogP contribution is -2.31. The third-order valence-electron chi connectivity index (χ3n) is 6.70. The summed E-state index contributed by atoms with van der Waals surface area (Å²) in [5, 5.41) is 0. The zero-order chi connectivity index (χ0) is 27.3. The first-order valence-corrected chi connectivity index (χ1v) is 14.0. The molecule has 1 aliphatic heterocycles. The number of carbonyl (C=O) groups excluding carboxylic acids is 2. The highest BCUT2D eigenvalue weighted by molar-refractivity contribution is 5.72. The molecule has 0 spiro atoms. The van der Waals surface area contributed by atoms with Gasteiger partial charge in [0.15, 0.2) is 0 Å². The van der Waals surface area contributed by atoms with Crippen LogP contribution in [0.5, 0.6) is 5.75 Å². The topological polar surface area (TPSA) is 71.1 Å². The Labute approximate surface area is 224 Å². The standard InChI is InChI=1S/C31H48O6/c1-7-35-27(33)19-14-12-10-8-9-11-13-15-20-34-22-30(3,4)29-28(36-23-31(29,5)6)25-17-16-18-26(21-25)37-24(2)32/h16-18,21H,7-15,19-20,22-23H2,1-6H3. The fourth-order valence-electron chi connectivity index (χ4n) is 5.19. The van der Waals surface area contributed by atoms with Crippen LogP contribution in [0.15, 0.2) is 29.8 Å². The SMILES string of the molecule is CCOC(=O)CCCCCCCCCCOCC(C)(C)C1=C(c2cccc(OC(C)=O)c2)OCC1(C)C. The normalized spacial score (nSPS) is 15.0. The molecule has 0 aromatic heterocycles. The van der Waals surface area contributed by atoms with Crippen molar-refractivity contribution in [2.24, 2.45) is 10.8 Å². The van der Waals surface area contributed by atoms with Crippen LogP contribution < -0.4 is 4.74 Å². The molecule has 0 aliphatic carbocycles. The van der Waals surface area contributed by atoms with E-state index in [0.29, 0.717) is 32.0 Å². The predicted octanol–water partition coefficient (Wildman–Crippen LogP) is 7.50. The molecule has 0 amide bonds. The molecule has 2 rings (SSSR count). The lowest BCUT2D eigenvalue weighted by molar-refractivity contribution is -0.143. The van der Waals surface area contributed by atoms with E-state index in [1.165, 1.54) is 44.6 Å². The van der Waals surface area contributed by atoms with Gasteiger partial charge < -0.3 is 18.9 Å². The molecule has 6 nitrogen and oxygen atoms in total. The molecular weight excluding hydrogens is 468 g/mol. The molecule has 0 unspecified atom stereocenters. The molecule has 0 saturated heterocycles.